The van der Waals surface area contributed by atoms with E-state index >= 15 is 0 Å². The summed E-state index contributed by atoms with van der Waals surface area (Å²) in [6.45, 7) is 6.24. The van der Waals surface area contributed by atoms with Crippen molar-refractivity contribution in [1.29, 1.82) is 0 Å². The Bertz CT molecular complexity index is 284. The number of carbonyl (C=O) groups is 1. The number of nitrogens with one attached hydrogen (secondary N) is 2. The first-order valence-electron chi connectivity index (χ1n) is 5.23. The van der Waals surface area contributed by atoms with E-state index in [1.54, 1.807) is 17.1 Å². The minimum atomic E-state index is -0.248. The van der Waals surface area contributed by atoms with Crippen molar-refractivity contribution in [2.45, 2.75) is 19.9 Å². The molecule has 0 bridgehead atoms. The van der Waals surface area contributed by atoms with Crippen LogP contribution in [0.3, 0.4) is 0 Å². The average molecular weight is 210 g/mol. The molecule has 1 aromatic heterocycles. The second kappa shape index (κ2) is 6.19. The minimum Gasteiger partial charge on any atom is -0.353 e. The third kappa shape index (κ3) is 3.71. The topological polar surface area (TPSA) is 58.9 Å². The highest BCUT2D eigenvalue weighted by Crippen LogP contribution is 2.01. The molecule has 0 saturated heterocycles. The van der Waals surface area contributed by atoms with E-state index in [0.29, 0.717) is 6.54 Å². The van der Waals surface area contributed by atoms with Crippen LogP contribution < -0.4 is 10.6 Å². The summed E-state index contributed by atoms with van der Waals surface area (Å²) >= 11 is 0. The fourth-order valence-corrected chi connectivity index (χ4v) is 1.23. The third-order valence-corrected chi connectivity index (χ3v) is 2.15. The van der Waals surface area contributed by atoms with Gasteiger partial charge in [-0.05, 0) is 19.5 Å². The Kier molecular flexibility index (Phi) is 4.83. The lowest BCUT2D eigenvalue weighted by Crippen LogP contribution is -2.36. The van der Waals surface area contributed by atoms with E-state index in [1.165, 1.54) is 0 Å². The molecule has 0 aliphatic rings. The summed E-state index contributed by atoms with van der Waals surface area (Å²) in [6.07, 6.45) is 3.46. The summed E-state index contributed by atoms with van der Waals surface area (Å²) in [5.74, 6) is -0.00315. The van der Waals surface area contributed by atoms with E-state index in [0.717, 1.165) is 13.1 Å². The van der Waals surface area contributed by atoms with Crippen LogP contribution in [0.25, 0.3) is 0 Å². The highest BCUT2D eigenvalue weighted by molar-refractivity contribution is 5.79. The number of amides is 1. The fourth-order valence-electron chi connectivity index (χ4n) is 1.23. The summed E-state index contributed by atoms with van der Waals surface area (Å²) < 4.78 is 1.64. The lowest BCUT2D eigenvalue weighted by atomic mass is 10.3. The van der Waals surface area contributed by atoms with Crippen LogP contribution in [0, 0.1) is 0 Å². The molecule has 1 amide bonds. The van der Waals surface area contributed by atoms with Gasteiger partial charge in [0.15, 0.2) is 0 Å². The lowest BCUT2D eigenvalue weighted by molar-refractivity contribution is -0.124. The molecule has 0 aromatic carbocycles. The minimum absolute atomic E-state index is 0.00315. The molecule has 0 saturated carbocycles. The van der Waals surface area contributed by atoms with Crippen LogP contribution in [0.5, 0.6) is 0 Å². The molecule has 0 radical (unpaired) electrons. The maximum Gasteiger partial charge on any atom is 0.244 e. The highest BCUT2D eigenvalue weighted by atomic mass is 16.2. The van der Waals surface area contributed by atoms with Gasteiger partial charge in [0.2, 0.25) is 5.91 Å². The highest BCUT2D eigenvalue weighted by Gasteiger charge is 2.13. The van der Waals surface area contributed by atoms with Crippen LogP contribution in [-0.4, -0.2) is 35.3 Å². The molecular formula is C10H18N4O. The smallest absolute Gasteiger partial charge is 0.244 e. The Morgan fingerprint density at radius 3 is 2.93 bits per heavy atom. The van der Waals surface area contributed by atoms with Crippen molar-refractivity contribution in [3.63, 3.8) is 0 Å². The fraction of sp³-hybridized carbons (Fsp3) is 0.600. The first kappa shape index (κ1) is 11.7. The van der Waals surface area contributed by atoms with Gasteiger partial charge in [-0.15, -0.1) is 0 Å². The molecule has 1 heterocycles. The third-order valence-electron chi connectivity index (χ3n) is 2.15. The SMILES string of the molecule is CCNCCNC(=O)C(C)n1cccn1. The number of nitrogens with zero attached hydrogens (tertiary/aromatic N) is 2. The Hall–Kier alpha value is -1.36. The maximum atomic E-state index is 11.6. The van der Waals surface area contributed by atoms with Crippen molar-refractivity contribution in [2.24, 2.45) is 0 Å². The Balaban J connectivity index is 2.28. The molecule has 5 heteroatoms. The number of aromatic nitrogens is 2. The van der Waals surface area contributed by atoms with Crippen molar-refractivity contribution in [3.8, 4) is 0 Å². The monoisotopic (exact) mass is 210 g/mol. The van der Waals surface area contributed by atoms with Gasteiger partial charge in [0, 0.05) is 25.5 Å². The largest absolute Gasteiger partial charge is 0.353 e. The molecule has 15 heavy (non-hydrogen) atoms. The molecule has 1 aromatic rings. The molecular weight excluding hydrogens is 192 g/mol. The summed E-state index contributed by atoms with van der Waals surface area (Å²) in [5, 5.41) is 10.0. The molecule has 0 spiro atoms. The normalized spacial score (nSPS) is 12.4. The van der Waals surface area contributed by atoms with E-state index in [-0.39, 0.29) is 11.9 Å². The van der Waals surface area contributed by atoms with Crippen molar-refractivity contribution in [3.05, 3.63) is 18.5 Å². The van der Waals surface area contributed by atoms with Crippen LogP contribution in [0.15, 0.2) is 18.5 Å². The Morgan fingerprint density at radius 2 is 2.33 bits per heavy atom. The molecule has 0 aliphatic carbocycles. The van der Waals surface area contributed by atoms with Crippen LogP contribution in [0.1, 0.15) is 19.9 Å². The number of hydrogen-bond acceptors (Lipinski definition) is 3. The summed E-state index contributed by atoms with van der Waals surface area (Å²) in [4.78, 5) is 11.6. The van der Waals surface area contributed by atoms with E-state index < -0.39 is 0 Å². The Labute approximate surface area is 89.9 Å². The van der Waals surface area contributed by atoms with E-state index in [1.807, 2.05) is 19.9 Å². The quantitative estimate of drug-likeness (QED) is 0.658. The van der Waals surface area contributed by atoms with Gasteiger partial charge in [-0.1, -0.05) is 6.92 Å². The standard InChI is InChI=1S/C10H18N4O/c1-3-11-6-7-12-10(15)9(2)14-8-4-5-13-14/h4-5,8-9,11H,3,6-7H2,1-2H3,(H,12,15). The van der Waals surface area contributed by atoms with Crippen molar-refractivity contribution in [2.75, 3.05) is 19.6 Å². The van der Waals surface area contributed by atoms with Gasteiger partial charge >= 0.3 is 0 Å². The summed E-state index contributed by atoms with van der Waals surface area (Å²) in [5.41, 5.74) is 0. The molecule has 1 unspecified atom stereocenters. The molecule has 0 fully saturated rings. The van der Waals surface area contributed by atoms with Gasteiger partial charge in [0.25, 0.3) is 0 Å². The summed E-state index contributed by atoms with van der Waals surface area (Å²) in [6, 6.07) is 1.56. The van der Waals surface area contributed by atoms with Crippen molar-refractivity contribution >= 4 is 5.91 Å². The van der Waals surface area contributed by atoms with Gasteiger partial charge in [-0.3, -0.25) is 9.48 Å². The number of rotatable bonds is 6. The number of hydrogen-bond donors (Lipinski definition) is 2. The maximum absolute atomic E-state index is 11.6. The van der Waals surface area contributed by atoms with Crippen LogP contribution in [0.2, 0.25) is 0 Å². The molecule has 5 nitrogen and oxygen atoms in total. The van der Waals surface area contributed by atoms with E-state index in [2.05, 4.69) is 15.7 Å². The van der Waals surface area contributed by atoms with Gasteiger partial charge in [-0.2, -0.15) is 5.10 Å². The van der Waals surface area contributed by atoms with Crippen molar-refractivity contribution < 1.29 is 4.79 Å². The van der Waals surface area contributed by atoms with Crippen LogP contribution in [0.4, 0.5) is 0 Å². The number of likely N-dealkylation sites (N-methyl/N-ethyl adjacent to an activating group) is 1. The second-order valence-corrected chi connectivity index (χ2v) is 3.31. The van der Waals surface area contributed by atoms with Gasteiger partial charge < -0.3 is 10.6 Å². The average Bonchev–Trinajstić information content (AvgIpc) is 2.76. The molecule has 1 rings (SSSR count). The van der Waals surface area contributed by atoms with Gasteiger partial charge in [0.1, 0.15) is 6.04 Å². The Morgan fingerprint density at radius 1 is 1.53 bits per heavy atom. The van der Waals surface area contributed by atoms with Gasteiger partial charge in [0.05, 0.1) is 0 Å². The zero-order chi connectivity index (χ0) is 11.1. The molecule has 84 valence electrons. The lowest BCUT2D eigenvalue weighted by Gasteiger charge is -2.12. The molecule has 1 atom stereocenters. The van der Waals surface area contributed by atoms with E-state index in [4.69, 9.17) is 0 Å². The van der Waals surface area contributed by atoms with Crippen LogP contribution >= 0.6 is 0 Å². The predicted molar refractivity (Wildman–Crippen MR) is 58.5 cm³/mol. The van der Waals surface area contributed by atoms with Crippen molar-refractivity contribution in [1.82, 2.24) is 20.4 Å². The second-order valence-electron chi connectivity index (χ2n) is 3.31. The first-order valence-corrected chi connectivity index (χ1v) is 5.23. The zero-order valence-electron chi connectivity index (χ0n) is 9.23. The van der Waals surface area contributed by atoms with Gasteiger partial charge in [-0.25, -0.2) is 0 Å². The zero-order valence-corrected chi connectivity index (χ0v) is 9.23. The molecule has 0 aliphatic heterocycles. The predicted octanol–water partition coefficient (Wildman–Crippen LogP) is 0.170. The summed E-state index contributed by atoms with van der Waals surface area (Å²) in [7, 11) is 0. The van der Waals surface area contributed by atoms with Crippen LogP contribution in [-0.2, 0) is 4.79 Å². The molecule has 2 N–H and O–H groups in total. The number of carbonyl (C=O) groups excluding carboxylic acids is 1. The first-order chi connectivity index (χ1) is 7.25. The van der Waals surface area contributed by atoms with E-state index in [9.17, 15) is 4.79 Å².